The third-order valence-corrected chi connectivity index (χ3v) is 5.31. The summed E-state index contributed by atoms with van der Waals surface area (Å²) in [6.45, 7) is 13.5. The summed E-state index contributed by atoms with van der Waals surface area (Å²) >= 11 is 0. The minimum atomic E-state index is -5.08. The number of hydrogen-bond acceptors (Lipinski definition) is 4. The van der Waals surface area contributed by atoms with E-state index in [1.807, 2.05) is 31.7 Å². The number of pyridine rings is 1. The lowest BCUT2D eigenvalue weighted by molar-refractivity contribution is -0.192. The van der Waals surface area contributed by atoms with E-state index in [1.54, 1.807) is 0 Å². The average molecular weight is 451 g/mol. The molecule has 2 aromatic rings. The van der Waals surface area contributed by atoms with Gasteiger partial charge in [-0.15, -0.1) is 0 Å². The molecule has 32 heavy (non-hydrogen) atoms. The van der Waals surface area contributed by atoms with Gasteiger partial charge in [0.1, 0.15) is 0 Å². The Morgan fingerprint density at radius 2 is 1.31 bits per heavy atom. The molecule has 1 aliphatic rings. The number of carbonyl (C=O) groups excluding carboxylic acids is 1. The normalized spacial score (nSPS) is 14.0. The van der Waals surface area contributed by atoms with Gasteiger partial charge in [0.15, 0.2) is 0 Å². The van der Waals surface area contributed by atoms with Crippen molar-refractivity contribution in [3.8, 4) is 0 Å². The summed E-state index contributed by atoms with van der Waals surface area (Å²) in [6.07, 6.45) is -5.08. The van der Waals surface area contributed by atoms with Gasteiger partial charge in [0, 0.05) is 48.8 Å². The van der Waals surface area contributed by atoms with E-state index in [2.05, 4.69) is 41.9 Å². The summed E-state index contributed by atoms with van der Waals surface area (Å²) < 4.78 is 31.7. The predicted molar refractivity (Wildman–Crippen MR) is 116 cm³/mol. The number of anilines is 1. The standard InChI is InChI=1S/C21H27N3O.C2HF3O2/c1-14-10-16(3)20(11-15(14)2)21(25)24-8-6-23(7-9-24)19-12-17(4)22-18(5)13-19;3-2(4,5)1(6)7/h10-13H,6-9H2,1-5H3;(H,6,7). The molecule has 1 N–H and O–H groups in total. The second-order valence-corrected chi connectivity index (χ2v) is 7.94. The monoisotopic (exact) mass is 451 g/mol. The number of nitrogens with zero attached hydrogens (tertiary/aromatic N) is 3. The highest BCUT2D eigenvalue weighted by Gasteiger charge is 2.38. The van der Waals surface area contributed by atoms with E-state index in [0.29, 0.717) is 0 Å². The lowest BCUT2D eigenvalue weighted by atomic mass is 10.00. The molecule has 0 bridgehead atoms. The second-order valence-electron chi connectivity index (χ2n) is 7.94. The van der Waals surface area contributed by atoms with Crippen molar-refractivity contribution in [2.45, 2.75) is 40.8 Å². The third kappa shape index (κ3) is 6.45. The first-order valence-corrected chi connectivity index (χ1v) is 10.2. The molecule has 0 spiro atoms. The van der Waals surface area contributed by atoms with Crippen LogP contribution in [0, 0.1) is 34.6 Å². The fourth-order valence-corrected chi connectivity index (χ4v) is 3.52. The Labute approximate surface area is 185 Å². The van der Waals surface area contributed by atoms with Gasteiger partial charge in [-0.1, -0.05) is 6.07 Å². The van der Waals surface area contributed by atoms with Gasteiger partial charge in [-0.05, 0) is 69.5 Å². The Balaban J connectivity index is 0.000000451. The fraction of sp³-hybridized carbons (Fsp3) is 0.435. The maximum atomic E-state index is 12.9. The molecule has 1 saturated heterocycles. The molecule has 0 radical (unpaired) electrons. The van der Waals surface area contributed by atoms with Gasteiger partial charge in [0.05, 0.1) is 0 Å². The van der Waals surface area contributed by atoms with Crippen LogP contribution in [0.15, 0.2) is 24.3 Å². The molecular formula is C23H28F3N3O3. The lowest BCUT2D eigenvalue weighted by Gasteiger charge is -2.36. The van der Waals surface area contributed by atoms with Crippen LogP contribution in [0.3, 0.4) is 0 Å². The number of rotatable bonds is 2. The molecule has 1 aromatic carbocycles. The maximum absolute atomic E-state index is 12.9. The molecule has 174 valence electrons. The quantitative estimate of drug-likeness (QED) is 0.740. The summed E-state index contributed by atoms with van der Waals surface area (Å²) in [6, 6.07) is 8.40. The van der Waals surface area contributed by atoms with Crippen molar-refractivity contribution in [3.05, 3.63) is 57.9 Å². The van der Waals surface area contributed by atoms with Crippen LogP contribution in [0.4, 0.5) is 18.9 Å². The van der Waals surface area contributed by atoms with Crippen molar-refractivity contribution < 1.29 is 27.9 Å². The lowest BCUT2D eigenvalue weighted by Crippen LogP contribution is -2.49. The first-order chi connectivity index (χ1) is 14.8. The zero-order chi connectivity index (χ0) is 24.2. The van der Waals surface area contributed by atoms with Crippen LogP contribution in [-0.4, -0.2) is 59.2 Å². The number of carbonyl (C=O) groups is 2. The number of aliphatic carboxylic acids is 1. The maximum Gasteiger partial charge on any atom is 0.490 e. The summed E-state index contributed by atoms with van der Waals surface area (Å²) in [5, 5.41) is 7.12. The van der Waals surface area contributed by atoms with Crippen LogP contribution in [0.5, 0.6) is 0 Å². The highest BCUT2D eigenvalue weighted by Crippen LogP contribution is 2.21. The van der Waals surface area contributed by atoms with Crippen molar-refractivity contribution in [1.82, 2.24) is 9.88 Å². The smallest absolute Gasteiger partial charge is 0.475 e. The van der Waals surface area contributed by atoms with Crippen LogP contribution in [0.1, 0.15) is 38.4 Å². The van der Waals surface area contributed by atoms with Crippen LogP contribution >= 0.6 is 0 Å². The number of amides is 1. The Hall–Kier alpha value is -3.10. The predicted octanol–water partition coefficient (Wildman–Crippen LogP) is 4.22. The zero-order valence-electron chi connectivity index (χ0n) is 18.9. The molecule has 1 amide bonds. The van der Waals surface area contributed by atoms with Crippen LogP contribution in [-0.2, 0) is 4.79 Å². The molecule has 3 rings (SSSR count). The molecule has 0 saturated carbocycles. The van der Waals surface area contributed by atoms with Gasteiger partial charge in [-0.2, -0.15) is 13.2 Å². The van der Waals surface area contributed by atoms with Crippen molar-refractivity contribution >= 4 is 17.6 Å². The fourth-order valence-electron chi connectivity index (χ4n) is 3.52. The number of alkyl halides is 3. The highest BCUT2D eigenvalue weighted by atomic mass is 19.4. The topological polar surface area (TPSA) is 73.7 Å². The minimum Gasteiger partial charge on any atom is -0.475 e. The Kier molecular flexibility index (Phi) is 7.87. The van der Waals surface area contributed by atoms with Gasteiger partial charge >= 0.3 is 12.1 Å². The SMILES string of the molecule is Cc1cc(N2CCN(C(=O)c3cc(C)c(C)cc3C)CC2)cc(C)n1.O=C(O)C(F)(F)F. The van der Waals surface area contributed by atoms with Gasteiger partial charge in [0.2, 0.25) is 0 Å². The Bertz CT molecular complexity index is 978. The first kappa shape index (κ1) is 25.2. The Morgan fingerprint density at radius 1 is 0.844 bits per heavy atom. The molecule has 1 fully saturated rings. The number of piperazine rings is 1. The largest absolute Gasteiger partial charge is 0.490 e. The van der Waals surface area contributed by atoms with Gasteiger partial charge in [-0.3, -0.25) is 9.78 Å². The molecule has 0 aliphatic carbocycles. The molecule has 0 atom stereocenters. The molecule has 1 aliphatic heterocycles. The van der Waals surface area contributed by atoms with E-state index in [1.165, 1.54) is 16.8 Å². The van der Waals surface area contributed by atoms with Gasteiger partial charge in [0.25, 0.3) is 5.91 Å². The molecule has 2 heterocycles. The summed E-state index contributed by atoms with van der Waals surface area (Å²) in [5.74, 6) is -2.60. The number of carboxylic acid groups (broad SMARTS) is 1. The molecule has 9 heteroatoms. The van der Waals surface area contributed by atoms with Crippen molar-refractivity contribution in [3.63, 3.8) is 0 Å². The van der Waals surface area contributed by atoms with Gasteiger partial charge < -0.3 is 14.9 Å². The molecule has 6 nitrogen and oxygen atoms in total. The number of benzene rings is 1. The van der Waals surface area contributed by atoms with Crippen LogP contribution < -0.4 is 4.90 Å². The van der Waals surface area contributed by atoms with Crippen LogP contribution in [0.25, 0.3) is 0 Å². The van der Waals surface area contributed by atoms with Gasteiger partial charge in [-0.25, -0.2) is 4.79 Å². The van der Waals surface area contributed by atoms with Crippen molar-refractivity contribution in [2.75, 3.05) is 31.1 Å². The minimum absolute atomic E-state index is 0.155. The number of halogens is 3. The van der Waals surface area contributed by atoms with Crippen molar-refractivity contribution in [2.24, 2.45) is 0 Å². The number of aryl methyl sites for hydroxylation is 5. The molecular weight excluding hydrogens is 423 g/mol. The average Bonchev–Trinajstić information content (AvgIpc) is 2.69. The van der Waals surface area contributed by atoms with Crippen molar-refractivity contribution in [1.29, 1.82) is 0 Å². The molecule has 0 unspecified atom stereocenters. The second kappa shape index (κ2) is 10.0. The van der Waals surface area contributed by atoms with Crippen LogP contribution in [0.2, 0.25) is 0 Å². The zero-order valence-corrected chi connectivity index (χ0v) is 18.9. The summed E-state index contributed by atoms with van der Waals surface area (Å²) in [4.78, 5) is 30.6. The Morgan fingerprint density at radius 3 is 1.78 bits per heavy atom. The van der Waals surface area contributed by atoms with E-state index < -0.39 is 12.1 Å². The highest BCUT2D eigenvalue weighted by molar-refractivity contribution is 5.96. The number of hydrogen-bond donors (Lipinski definition) is 1. The van der Waals surface area contributed by atoms with E-state index in [9.17, 15) is 18.0 Å². The van der Waals surface area contributed by atoms with E-state index in [-0.39, 0.29) is 5.91 Å². The number of carboxylic acids is 1. The third-order valence-electron chi connectivity index (χ3n) is 5.31. The first-order valence-electron chi connectivity index (χ1n) is 10.2. The van der Waals surface area contributed by atoms with E-state index in [4.69, 9.17) is 9.90 Å². The van der Waals surface area contributed by atoms with E-state index in [0.717, 1.165) is 48.7 Å². The molecule has 1 aromatic heterocycles. The number of aromatic nitrogens is 1. The summed E-state index contributed by atoms with van der Waals surface area (Å²) in [5.41, 5.74) is 7.61. The summed E-state index contributed by atoms with van der Waals surface area (Å²) in [7, 11) is 0. The van der Waals surface area contributed by atoms with E-state index >= 15 is 0 Å².